The van der Waals surface area contributed by atoms with E-state index in [0.717, 1.165) is 0 Å². The summed E-state index contributed by atoms with van der Waals surface area (Å²) in [7, 11) is 1.30. The van der Waals surface area contributed by atoms with Crippen LogP contribution in [0.1, 0.15) is 17.5 Å². The third kappa shape index (κ3) is 2.63. The normalized spacial score (nSPS) is 10.8. The summed E-state index contributed by atoms with van der Waals surface area (Å²) in [6.07, 6.45) is 0.411. The van der Waals surface area contributed by atoms with Gasteiger partial charge in [-0.1, -0.05) is 11.6 Å². The second-order valence-corrected chi connectivity index (χ2v) is 4.78. The Bertz CT molecular complexity index is 732. The molecule has 0 saturated heterocycles. The predicted molar refractivity (Wildman–Crippen MR) is 74.2 cm³/mol. The van der Waals surface area contributed by atoms with Gasteiger partial charge in [0.1, 0.15) is 10.8 Å². The van der Waals surface area contributed by atoms with Gasteiger partial charge in [-0.05, 0) is 30.5 Å². The Kier molecular flexibility index (Phi) is 3.99. The molecule has 2 rings (SSSR count). The monoisotopic (exact) mass is 296 g/mol. The highest BCUT2D eigenvalue weighted by Gasteiger charge is 2.16. The van der Waals surface area contributed by atoms with Crippen molar-refractivity contribution >= 4 is 28.5 Å². The lowest BCUT2D eigenvalue weighted by atomic mass is 10.0. The second kappa shape index (κ2) is 5.54. The van der Waals surface area contributed by atoms with Crippen LogP contribution in [-0.2, 0) is 16.0 Å². The van der Waals surface area contributed by atoms with Gasteiger partial charge in [0, 0.05) is 17.9 Å². The average molecular weight is 297 g/mol. The lowest BCUT2D eigenvalue weighted by Crippen LogP contribution is -2.03. The highest BCUT2D eigenvalue weighted by atomic mass is 35.5. The molecule has 0 unspecified atom stereocenters. The van der Waals surface area contributed by atoms with E-state index in [4.69, 9.17) is 16.0 Å². The van der Waals surface area contributed by atoms with Crippen molar-refractivity contribution in [2.24, 2.45) is 0 Å². The van der Waals surface area contributed by atoms with Gasteiger partial charge >= 0.3 is 11.6 Å². The van der Waals surface area contributed by atoms with Crippen LogP contribution in [0.4, 0.5) is 0 Å². The summed E-state index contributed by atoms with van der Waals surface area (Å²) in [5, 5.41) is 10.6. The predicted octanol–water partition coefficient (Wildman–Crippen LogP) is 2.57. The molecular weight excluding hydrogens is 284 g/mol. The molecule has 0 radical (unpaired) electrons. The minimum Gasteiger partial charge on any atom is -0.506 e. The molecule has 1 heterocycles. The number of phenolic OH excluding ortho intramolecular Hbond substituents is 1. The van der Waals surface area contributed by atoms with Gasteiger partial charge in [-0.25, -0.2) is 4.79 Å². The molecule has 0 aliphatic rings. The number of hydrogen-bond acceptors (Lipinski definition) is 5. The van der Waals surface area contributed by atoms with Gasteiger partial charge in [-0.15, -0.1) is 0 Å². The standard InChI is InChI=1S/C14H13ClO5/c1-7-5-11(17)20-14-9(7)6-8(13(18)12(14)15)3-4-10(16)19-2/h5-6,18H,3-4H2,1-2H3. The molecule has 1 N–H and O–H groups in total. The van der Waals surface area contributed by atoms with Gasteiger partial charge in [0.25, 0.3) is 0 Å². The summed E-state index contributed by atoms with van der Waals surface area (Å²) < 4.78 is 9.57. The fourth-order valence-electron chi connectivity index (χ4n) is 1.98. The number of esters is 1. The molecule has 0 atom stereocenters. The lowest BCUT2D eigenvalue weighted by Gasteiger charge is -2.09. The molecule has 0 saturated carbocycles. The number of benzene rings is 1. The van der Waals surface area contributed by atoms with Gasteiger partial charge in [-0.2, -0.15) is 0 Å². The first-order chi connectivity index (χ1) is 9.43. The number of hydrogen-bond donors (Lipinski definition) is 1. The summed E-state index contributed by atoms with van der Waals surface area (Å²) in [6, 6.07) is 3.01. The maximum atomic E-state index is 11.3. The Morgan fingerprint density at radius 3 is 2.80 bits per heavy atom. The van der Waals surface area contributed by atoms with Crippen molar-refractivity contribution in [2.75, 3.05) is 7.11 Å². The van der Waals surface area contributed by atoms with E-state index < -0.39 is 5.63 Å². The van der Waals surface area contributed by atoms with Gasteiger partial charge in [0.15, 0.2) is 5.58 Å². The minimum absolute atomic E-state index is 0.0248. The SMILES string of the molecule is COC(=O)CCc1cc2c(C)cc(=O)oc2c(Cl)c1O. The van der Waals surface area contributed by atoms with Crippen LogP contribution in [0.3, 0.4) is 0 Å². The third-order valence-corrected chi connectivity index (χ3v) is 3.41. The fourth-order valence-corrected chi connectivity index (χ4v) is 2.24. The first kappa shape index (κ1) is 14.4. The zero-order valence-electron chi connectivity index (χ0n) is 11.0. The topological polar surface area (TPSA) is 76.7 Å². The Morgan fingerprint density at radius 1 is 1.45 bits per heavy atom. The van der Waals surface area contributed by atoms with Crippen LogP contribution in [0.5, 0.6) is 5.75 Å². The number of carbonyl (C=O) groups is 1. The molecule has 0 aliphatic heterocycles. The first-order valence-corrected chi connectivity index (χ1v) is 6.33. The van der Waals surface area contributed by atoms with Gasteiger partial charge < -0.3 is 14.3 Å². The molecule has 0 spiro atoms. The molecule has 0 bridgehead atoms. The summed E-state index contributed by atoms with van der Waals surface area (Å²) in [6.45, 7) is 1.75. The minimum atomic E-state index is -0.529. The highest BCUT2D eigenvalue weighted by Crippen LogP contribution is 2.36. The maximum absolute atomic E-state index is 11.3. The van der Waals surface area contributed by atoms with Crippen molar-refractivity contribution in [3.05, 3.63) is 38.7 Å². The van der Waals surface area contributed by atoms with Crippen LogP contribution in [0.15, 0.2) is 21.3 Å². The molecule has 1 aromatic carbocycles. The molecule has 0 aliphatic carbocycles. The highest BCUT2D eigenvalue weighted by molar-refractivity contribution is 6.36. The van der Waals surface area contributed by atoms with Gasteiger partial charge in [-0.3, -0.25) is 4.79 Å². The Hall–Kier alpha value is -2.01. The molecule has 6 heteroatoms. The quantitative estimate of drug-likeness (QED) is 0.696. The van der Waals surface area contributed by atoms with Crippen LogP contribution in [0.25, 0.3) is 11.0 Å². The zero-order chi connectivity index (χ0) is 14.9. The van der Waals surface area contributed by atoms with Gasteiger partial charge in [0.05, 0.1) is 7.11 Å². The smallest absolute Gasteiger partial charge is 0.336 e. The van der Waals surface area contributed by atoms with E-state index in [0.29, 0.717) is 16.5 Å². The second-order valence-electron chi connectivity index (χ2n) is 4.40. The third-order valence-electron chi connectivity index (χ3n) is 3.06. The number of aromatic hydroxyl groups is 1. The molecule has 2 aromatic rings. The number of phenols is 1. The van der Waals surface area contributed by atoms with E-state index in [2.05, 4.69) is 4.74 Å². The molecule has 106 valence electrons. The summed E-state index contributed by atoms with van der Waals surface area (Å²) in [5.41, 5.74) is 0.817. The van der Waals surface area contributed by atoms with Crippen molar-refractivity contribution in [3.63, 3.8) is 0 Å². The summed E-state index contributed by atoms with van der Waals surface area (Å²) >= 11 is 6.03. The first-order valence-electron chi connectivity index (χ1n) is 5.95. The van der Waals surface area contributed by atoms with E-state index in [1.807, 2.05) is 0 Å². The summed E-state index contributed by atoms with van der Waals surface area (Å²) in [4.78, 5) is 22.5. The Balaban J connectivity index is 2.55. The number of methoxy groups -OCH3 is 1. The Labute approximate surface area is 119 Å². The number of halogens is 1. The van der Waals surface area contributed by atoms with Crippen molar-refractivity contribution < 1.29 is 19.1 Å². The number of fused-ring (bicyclic) bond motifs is 1. The molecule has 5 nitrogen and oxygen atoms in total. The van der Waals surface area contributed by atoms with Crippen molar-refractivity contribution in [1.29, 1.82) is 0 Å². The van der Waals surface area contributed by atoms with Crippen molar-refractivity contribution in [1.82, 2.24) is 0 Å². The largest absolute Gasteiger partial charge is 0.506 e. The van der Waals surface area contributed by atoms with Crippen LogP contribution in [0.2, 0.25) is 5.02 Å². The van der Waals surface area contributed by atoms with Crippen LogP contribution < -0.4 is 5.63 Å². The van der Waals surface area contributed by atoms with Crippen LogP contribution >= 0.6 is 11.6 Å². The van der Waals surface area contributed by atoms with E-state index in [-0.39, 0.29) is 35.2 Å². The van der Waals surface area contributed by atoms with Crippen molar-refractivity contribution in [3.8, 4) is 5.75 Å². The molecule has 1 aromatic heterocycles. The lowest BCUT2D eigenvalue weighted by molar-refractivity contribution is -0.140. The number of carbonyl (C=O) groups excluding carboxylic acids is 1. The van der Waals surface area contributed by atoms with Crippen LogP contribution in [-0.4, -0.2) is 18.2 Å². The van der Waals surface area contributed by atoms with E-state index in [1.165, 1.54) is 13.2 Å². The molecule has 20 heavy (non-hydrogen) atoms. The van der Waals surface area contributed by atoms with E-state index in [9.17, 15) is 14.7 Å². The van der Waals surface area contributed by atoms with Crippen molar-refractivity contribution in [2.45, 2.75) is 19.8 Å². The average Bonchev–Trinajstić information content (AvgIpc) is 2.41. The maximum Gasteiger partial charge on any atom is 0.336 e. The number of ether oxygens (including phenoxy) is 1. The van der Waals surface area contributed by atoms with Gasteiger partial charge in [0.2, 0.25) is 0 Å². The molecule has 0 amide bonds. The zero-order valence-corrected chi connectivity index (χ0v) is 11.8. The Morgan fingerprint density at radius 2 is 2.15 bits per heavy atom. The fraction of sp³-hybridized carbons (Fsp3) is 0.286. The summed E-state index contributed by atoms with van der Waals surface area (Å²) in [5.74, 6) is -0.561. The molecule has 0 fully saturated rings. The molecular formula is C14H13ClO5. The number of rotatable bonds is 3. The van der Waals surface area contributed by atoms with Crippen LogP contribution in [0, 0.1) is 6.92 Å². The number of aryl methyl sites for hydroxylation is 2. The van der Waals surface area contributed by atoms with E-state index in [1.54, 1.807) is 13.0 Å². The van der Waals surface area contributed by atoms with E-state index >= 15 is 0 Å².